The molecule has 4 nitrogen and oxygen atoms in total. The smallest absolute Gasteiger partial charge is 0.0788 e. The van der Waals surface area contributed by atoms with Crippen LogP contribution >= 0.6 is 0 Å². The van der Waals surface area contributed by atoms with Crippen LogP contribution in [0, 0.1) is 0 Å². The van der Waals surface area contributed by atoms with Crippen molar-refractivity contribution in [3.05, 3.63) is 206 Å². The van der Waals surface area contributed by atoms with Crippen molar-refractivity contribution in [1.29, 1.82) is 0 Å². The lowest BCUT2D eigenvalue weighted by Crippen LogP contribution is -2.01. The maximum Gasteiger partial charge on any atom is 0.0788 e. The highest BCUT2D eigenvalue weighted by Crippen LogP contribution is 2.42. The largest absolute Gasteiger partial charge is 0.309 e. The summed E-state index contributed by atoms with van der Waals surface area (Å²) in [6.45, 7) is 0. The third kappa shape index (κ3) is 4.77. The monoisotopic (exact) mass is 726 g/mol. The molecule has 0 aliphatic carbocycles. The number of nitrogens with zero attached hydrogens (tertiary/aromatic N) is 4. The van der Waals surface area contributed by atoms with E-state index in [-0.39, 0.29) is 0 Å². The summed E-state index contributed by atoms with van der Waals surface area (Å²) in [4.78, 5) is 5.37. The molecular weight excluding hydrogens is 693 g/mol. The summed E-state index contributed by atoms with van der Waals surface area (Å²) in [6, 6.07) is 74.2. The van der Waals surface area contributed by atoms with Crippen LogP contribution in [0.5, 0.6) is 0 Å². The van der Waals surface area contributed by atoms with Gasteiger partial charge in [0, 0.05) is 54.8 Å². The van der Waals surface area contributed by atoms with E-state index < -0.39 is 0 Å². The Labute approximate surface area is 328 Å². The Bertz CT molecular complexity index is 3440. The zero-order valence-electron chi connectivity index (χ0n) is 30.9. The highest BCUT2D eigenvalue weighted by molar-refractivity contribution is 6.24. The number of aromatic nitrogens is 4. The summed E-state index contributed by atoms with van der Waals surface area (Å²) in [5.41, 5.74) is 14.4. The molecule has 0 aliphatic rings. The second-order valence-electron chi connectivity index (χ2n) is 14.8. The summed E-state index contributed by atoms with van der Waals surface area (Å²) in [5.74, 6) is 0. The molecule has 266 valence electrons. The maximum absolute atomic E-state index is 5.37. The molecule has 0 saturated carbocycles. The normalized spacial score (nSPS) is 11.9. The lowest BCUT2D eigenvalue weighted by molar-refractivity contribution is 1.14. The van der Waals surface area contributed by atoms with Crippen molar-refractivity contribution in [2.75, 3.05) is 0 Å². The quantitative estimate of drug-likeness (QED) is 0.174. The second kappa shape index (κ2) is 12.4. The summed E-state index contributed by atoms with van der Waals surface area (Å²) < 4.78 is 7.27. The van der Waals surface area contributed by atoms with Crippen LogP contribution in [0.15, 0.2) is 206 Å². The third-order valence-corrected chi connectivity index (χ3v) is 11.6. The van der Waals surface area contributed by atoms with Crippen molar-refractivity contribution in [2.24, 2.45) is 0 Å². The molecule has 0 saturated heterocycles. The van der Waals surface area contributed by atoms with Crippen LogP contribution in [0.25, 0.3) is 105 Å². The number of rotatable bonds is 5. The lowest BCUT2D eigenvalue weighted by atomic mass is 10.1. The van der Waals surface area contributed by atoms with Crippen LogP contribution in [-0.2, 0) is 0 Å². The molecule has 0 unspecified atom stereocenters. The molecule has 0 atom stereocenters. The van der Waals surface area contributed by atoms with Gasteiger partial charge in [-0.3, -0.25) is 0 Å². The predicted molar refractivity (Wildman–Crippen MR) is 238 cm³/mol. The lowest BCUT2D eigenvalue weighted by Gasteiger charge is -2.15. The van der Waals surface area contributed by atoms with Gasteiger partial charge < -0.3 is 13.7 Å². The molecule has 0 radical (unpaired) electrons. The van der Waals surface area contributed by atoms with Crippen LogP contribution in [0.1, 0.15) is 0 Å². The minimum atomic E-state index is 0.918. The van der Waals surface area contributed by atoms with E-state index in [0.29, 0.717) is 0 Å². The molecule has 0 amide bonds. The molecule has 57 heavy (non-hydrogen) atoms. The average molecular weight is 727 g/mol. The van der Waals surface area contributed by atoms with Gasteiger partial charge in [0.25, 0.3) is 0 Å². The van der Waals surface area contributed by atoms with E-state index in [4.69, 9.17) is 4.98 Å². The fourth-order valence-corrected chi connectivity index (χ4v) is 9.15. The molecule has 12 rings (SSSR count). The van der Waals surface area contributed by atoms with Crippen LogP contribution in [-0.4, -0.2) is 18.7 Å². The molecule has 8 aromatic carbocycles. The maximum atomic E-state index is 5.37. The first-order chi connectivity index (χ1) is 28.3. The minimum absolute atomic E-state index is 0.918. The van der Waals surface area contributed by atoms with E-state index >= 15 is 0 Å². The van der Waals surface area contributed by atoms with Gasteiger partial charge in [0.15, 0.2) is 0 Å². The Kier molecular flexibility index (Phi) is 6.89. The van der Waals surface area contributed by atoms with Crippen LogP contribution in [0.2, 0.25) is 0 Å². The van der Waals surface area contributed by atoms with Gasteiger partial charge in [0.05, 0.1) is 50.2 Å². The van der Waals surface area contributed by atoms with E-state index in [9.17, 15) is 0 Å². The van der Waals surface area contributed by atoms with Gasteiger partial charge in [-0.1, -0.05) is 146 Å². The van der Waals surface area contributed by atoms with Gasteiger partial charge >= 0.3 is 0 Å². The van der Waals surface area contributed by atoms with Gasteiger partial charge in [0.1, 0.15) is 0 Å². The zero-order chi connectivity index (χ0) is 37.5. The topological polar surface area (TPSA) is 27.7 Å². The van der Waals surface area contributed by atoms with Crippen molar-refractivity contribution >= 4 is 65.4 Å². The molecule has 12 aromatic rings. The second-order valence-corrected chi connectivity index (χ2v) is 14.8. The fourth-order valence-electron chi connectivity index (χ4n) is 9.15. The zero-order valence-corrected chi connectivity index (χ0v) is 30.9. The molecule has 4 heteroatoms. The first-order valence-electron chi connectivity index (χ1n) is 19.5. The molecule has 4 aromatic heterocycles. The Morgan fingerprint density at radius 3 is 1.14 bits per heavy atom. The molecule has 0 bridgehead atoms. The number of para-hydroxylation sites is 5. The minimum Gasteiger partial charge on any atom is -0.309 e. The van der Waals surface area contributed by atoms with E-state index in [0.717, 1.165) is 45.1 Å². The van der Waals surface area contributed by atoms with Crippen LogP contribution < -0.4 is 0 Å². The highest BCUT2D eigenvalue weighted by Gasteiger charge is 2.22. The summed E-state index contributed by atoms with van der Waals surface area (Å²) in [5, 5.41) is 7.40. The van der Waals surface area contributed by atoms with Crippen LogP contribution in [0.3, 0.4) is 0 Å². The molecule has 0 aliphatic heterocycles. The van der Waals surface area contributed by atoms with E-state index in [1.807, 2.05) is 0 Å². The van der Waals surface area contributed by atoms with E-state index in [1.54, 1.807) is 0 Å². The van der Waals surface area contributed by atoms with Gasteiger partial charge in [-0.15, -0.1) is 0 Å². The summed E-state index contributed by atoms with van der Waals surface area (Å²) in [7, 11) is 0. The molecule has 4 heterocycles. The van der Waals surface area contributed by atoms with Gasteiger partial charge in [-0.25, -0.2) is 4.98 Å². The first-order valence-corrected chi connectivity index (χ1v) is 19.5. The Morgan fingerprint density at radius 2 is 0.632 bits per heavy atom. The van der Waals surface area contributed by atoms with Gasteiger partial charge in [0.2, 0.25) is 0 Å². The number of hydrogen-bond donors (Lipinski definition) is 0. The Morgan fingerprint density at radius 1 is 0.263 bits per heavy atom. The van der Waals surface area contributed by atoms with Crippen molar-refractivity contribution in [2.45, 2.75) is 0 Å². The number of benzene rings is 8. The number of hydrogen-bond acceptors (Lipinski definition) is 1. The number of fused-ring (bicyclic) bond motifs is 10. The number of pyridine rings is 1. The Hall–Kier alpha value is -7.69. The van der Waals surface area contributed by atoms with Gasteiger partial charge in [-0.05, 0) is 60.7 Å². The first kappa shape index (κ1) is 31.6. The van der Waals surface area contributed by atoms with Crippen molar-refractivity contribution in [3.8, 4) is 39.6 Å². The molecular formula is C53H34N4. The summed E-state index contributed by atoms with van der Waals surface area (Å²) in [6.07, 6.45) is 0. The van der Waals surface area contributed by atoms with E-state index in [2.05, 4.69) is 220 Å². The third-order valence-electron chi connectivity index (χ3n) is 11.6. The molecule has 0 N–H and O–H groups in total. The Balaban J connectivity index is 1.13. The molecule has 0 spiro atoms. The van der Waals surface area contributed by atoms with E-state index in [1.165, 1.54) is 59.9 Å². The summed E-state index contributed by atoms with van der Waals surface area (Å²) >= 11 is 0. The van der Waals surface area contributed by atoms with Crippen LogP contribution in [0.4, 0.5) is 0 Å². The average Bonchev–Trinajstić information content (AvgIpc) is 3.93. The fraction of sp³-hybridized carbons (Fsp3) is 0. The van der Waals surface area contributed by atoms with Crippen molar-refractivity contribution in [3.63, 3.8) is 0 Å². The van der Waals surface area contributed by atoms with Gasteiger partial charge in [-0.2, -0.15) is 0 Å². The van der Waals surface area contributed by atoms with Crippen molar-refractivity contribution in [1.82, 2.24) is 18.7 Å². The predicted octanol–water partition coefficient (Wildman–Crippen LogP) is 13.7. The SMILES string of the molecule is c1ccc(-c2cc(-n3c4ccccc4c4ccc5c6ccccc6n(-c6ccccc6)c5c43)cc(-c3ccc(-n4c5ccccc5c5ccccc54)cc3)n2)cc1. The molecule has 0 fully saturated rings. The highest BCUT2D eigenvalue weighted by atomic mass is 15.0. The van der Waals surface area contributed by atoms with Crippen molar-refractivity contribution < 1.29 is 0 Å². The standard InChI is InChI=1S/C53H34N4/c1-3-15-35(16-4-1)46-33-39(34-47(54-46)36-27-29-38(30-28-36)55-48-23-11-7-19-40(48)41-20-8-12-24-49(41)55)57-51-26-14-10-22-43(51)45-32-31-44-42-21-9-13-25-50(42)56(52(44)53(45)57)37-17-5-2-6-18-37/h1-34H.